The first kappa shape index (κ1) is 17.2. The molecule has 0 saturated heterocycles. The van der Waals surface area contributed by atoms with E-state index in [0.29, 0.717) is 16.2 Å². The van der Waals surface area contributed by atoms with Gasteiger partial charge in [-0.3, -0.25) is 9.78 Å². The van der Waals surface area contributed by atoms with Crippen molar-refractivity contribution < 1.29 is 18.3 Å². The van der Waals surface area contributed by atoms with E-state index in [0.717, 1.165) is 28.4 Å². The number of ether oxygens (including phenoxy) is 1. The van der Waals surface area contributed by atoms with Crippen LogP contribution in [0.25, 0.3) is 21.8 Å². The normalized spacial score (nSPS) is 11.1. The van der Waals surface area contributed by atoms with E-state index in [9.17, 15) is 13.6 Å². The Morgan fingerprint density at radius 2 is 2.00 bits per heavy atom. The van der Waals surface area contributed by atoms with Gasteiger partial charge in [-0.05, 0) is 30.3 Å². The summed E-state index contributed by atoms with van der Waals surface area (Å²) in [6.07, 6.45) is 3.30. The van der Waals surface area contributed by atoms with E-state index in [-0.39, 0.29) is 11.3 Å². The smallest absolute Gasteiger partial charge is 0.255 e. The zero-order chi connectivity index (χ0) is 19.1. The zero-order valence-electron chi connectivity index (χ0n) is 13.9. The van der Waals surface area contributed by atoms with Crippen molar-refractivity contribution in [3.8, 4) is 5.75 Å². The van der Waals surface area contributed by atoms with Crippen LogP contribution < -0.4 is 10.1 Å². The van der Waals surface area contributed by atoms with Crippen molar-refractivity contribution in [3.63, 3.8) is 0 Å². The van der Waals surface area contributed by atoms with E-state index >= 15 is 0 Å². The number of aromatic nitrogens is 2. The Bertz CT molecular complexity index is 1210. The molecule has 0 atom stereocenters. The van der Waals surface area contributed by atoms with E-state index in [2.05, 4.69) is 15.3 Å². The van der Waals surface area contributed by atoms with Crippen molar-refractivity contribution >= 4 is 45.0 Å². The van der Waals surface area contributed by atoms with Crippen LogP contribution >= 0.6 is 11.6 Å². The molecule has 0 aliphatic rings. The highest BCUT2D eigenvalue weighted by Crippen LogP contribution is 2.42. The number of fused-ring (bicyclic) bond motifs is 3. The standard InChI is InChI=1S/C19H12ClF2N3O2/c1-27-18-12(20)7-11-10-4-5-23-8-15(10)24-16(11)17(18)25-19(26)9-2-3-13(21)14(22)6-9/h2-8,24H,1H3,(H,25,26). The van der Waals surface area contributed by atoms with Crippen molar-refractivity contribution in [2.75, 3.05) is 12.4 Å². The number of amides is 1. The molecule has 2 heterocycles. The minimum absolute atomic E-state index is 0.0399. The summed E-state index contributed by atoms with van der Waals surface area (Å²) in [5.74, 6) is -2.52. The first-order valence-electron chi connectivity index (χ1n) is 7.88. The minimum Gasteiger partial charge on any atom is -0.493 e. The lowest BCUT2D eigenvalue weighted by Gasteiger charge is -2.13. The third-order valence-electron chi connectivity index (χ3n) is 4.23. The van der Waals surface area contributed by atoms with Gasteiger partial charge in [-0.25, -0.2) is 8.78 Å². The fourth-order valence-electron chi connectivity index (χ4n) is 2.98. The van der Waals surface area contributed by atoms with Gasteiger partial charge in [0, 0.05) is 22.5 Å². The second-order valence-electron chi connectivity index (χ2n) is 5.82. The van der Waals surface area contributed by atoms with Crippen molar-refractivity contribution in [2.24, 2.45) is 0 Å². The first-order valence-corrected chi connectivity index (χ1v) is 8.25. The molecular weight excluding hydrogens is 376 g/mol. The van der Waals surface area contributed by atoms with Gasteiger partial charge in [0.1, 0.15) is 5.69 Å². The van der Waals surface area contributed by atoms with E-state index in [1.165, 1.54) is 13.2 Å². The molecule has 2 N–H and O–H groups in total. The maximum atomic E-state index is 13.5. The summed E-state index contributed by atoms with van der Waals surface area (Å²) in [4.78, 5) is 19.8. The molecule has 4 rings (SSSR count). The quantitative estimate of drug-likeness (QED) is 0.525. The number of anilines is 1. The maximum absolute atomic E-state index is 13.5. The molecule has 0 bridgehead atoms. The van der Waals surface area contributed by atoms with E-state index in [1.54, 1.807) is 18.5 Å². The monoisotopic (exact) mass is 387 g/mol. The lowest BCUT2D eigenvalue weighted by molar-refractivity contribution is 0.102. The number of halogens is 3. The van der Waals surface area contributed by atoms with Crippen molar-refractivity contribution in [2.45, 2.75) is 0 Å². The molecule has 2 aromatic carbocycles. The van der Waals surface area contributed by atoms with Gasteiger partial charge in [-0.1, -0.05) is 11.6 Å². The molecule has 0 fully saturated rings. The molecule has 0 aliphatic carbocycles. The van der Waals surface area contributed by atoms with Gasteiger partial charge >= 0.3 is 0 Å². The third kappa shape index (κ3) is 2.86. The molecule has 27 heavy (non-hydrogen) atoms. The summed E-state index contributed by atoms with van der Waals surface area (Å²) in [6.45, 7) is 0. The van der Waals surface area contributed by atoms with Crippen molar-refractivity contribution in [1.82, 2.24) is 9.97 Å². The summed E-state index contributed by atoms with van der Waals surface area (Å²) >= 11 is 6.33. The van der Waals surface area contributed by atoms with E-state index < -0.39 is 17.5 Å². The fourth-order valence-corrected chi connectivity index (χ4v) is 3.26. The van der Waals surface area contributed by atoms with Crippen LogP contribution in [0.3, 0.4) is 0 Å². The predicted octanol–water partition coefficient (Wildman–Crippen LogP) is 4.91. The number of pyridine rings is 1. The molecule has 0 radical (unpaired) electrons. The average Bonchev–Trinajstić information content (AvgIpc) is 3.02. The van der Waals surface area contributed by atoms with Gasteiger partial charge in [0.25, 0.3) is 5.91 Å². The van der Waals surface area contributed by atoms with Gasteiger partial charge in [-0.2, -0.15) is 0 Å². The summed E-state index contributed by atoms with van der Waals surface area (Å²) in [5.41, 5.74) is 1.59. The highest BCUT2D eigenvalue weighted by atomic mass is 35.5. The number of aromatic amines is 1. The molecule has 5 nitrogen and oxygen atoms in total. The Morgan fingerprint density at radius 3 is 2.74 bits per heavy atom. The number of methoxy groups -OCH3 is 1. The average molecular weight is 388 g/mol. The molecule has 0 spiro atoms. The molecule has 0 unspecified atom stereocenters. The lowest BCUT2D eigenvalue weighted by Crippen LogP contribution is -2.13. The Labute approximate surface area is 156 Å². The van der Waals surface area contributed by atoms with Crippen LogP contribution in [-0.4, -0.2) is 23.0 Å². The summed E-state index contributed by atoms with van der Waals surface area (Å²) in [7, 11) is 1.42. The van der Waals surface area contributed by atoms with Crippen LogP contribution in [0.2, 0.25) is 5.02 Å². The molecule has 0 saturated carbocycles. The SMILES string of the molecule is COc1c(Cl)cc2c([nH]c3cnccc32)c1NC(=O)c1ccc(F)c(F)c1. The fraction of sp³-hybridized carbons (Fsp3) is 0.0526. The number of carbonyl (C=O) groups is 1. The van der Waals surface area contributed by atoms with Crippen LogP contribution in [-0.2, 0) is 0 Å². The number of rotatable bonds is 3. The Kier molecular flexibility index (Phi) is 4.16. The van der Waals surface area contributed by atoms with Crippen LogP contribution in [0.5, 0.6) is 5.75 Å². The van der Waals surface area contributed by atoms with Crippen LogP contribution in [0.4, 0.5) is 14.5 Å². The van der Waals surface area contributed by atoms with Crippen LogP contribution in [0.1, 0.15) is 10.4 Å². The van der Waals surface area contributed by atoms with Crippen LogP contribution in [0.15, 0.2) is 42.7 Å². The molecule has 136 valence electrons. The number of H-pyrrole nitrogens is 1. The Balaban J connectivity index is 1.88. The maximum Gasteiger partial charge on any atom is 0.255 e. The first-order chi connectivity index (χ1) is 13.0. The molecule has 1 amide bonds. The largest absolute Gasteiger partial charge is 0.493 e. The van der Waals surface area contributed by atoms with Gasteiger partial charge < -0.3 is 15.0 Å². The van der Waals surface area contributed by atoms with Gasteiger partial charge in [-0.15, -0.1) is 0 Å². The predicted molar refractivity (Wildman–Crippen MR) is 99.5 cm³/mol. The lowest BCUT2D eigenvalue weighted by atomic mass is 10.1. The van der Waals surface area contributed by atoms with Gasteiger partial charge in [0.05, 0.1) is 29.4 Å². The topological polar surface area (TPSA) is 67.0 Å². The number of benzene rings is 2. The second kappa shape index (κ2) is 6.51. The third-order valence-corrected chi connectivity index (χ3v) is 4.51. The number of nitrogens with zero attached hydrogens (tertiary/aromatic N) is 1. The molecule has 2 aromatic heterocycles. The molecule has 8 heteroatoms. The summed E-state index contributed by atoms with van der Waals surface area (Å²) in [6, 6.07) is 6.45. The highest BCUT2D eigenvalue weighted by Gasteiger charge is 2.20. The molecular formula is C19H12ClF2N3O2. The van der Waals surface area contributed by atoms with Crippen LogP contribution in [0, 0.1) is 11.6 Å². The minimum atomic E-state index is -1.11. The van der Waals surface area contributed by atoms with Crippen molar-refractivity contribution in [3.05, 3.63) is 64.9 Å². The Morgan fingerprint density at radius 1 is 1.19 bits per heavy atom. The van der Waals surface area contributed by atoms with Crippen molar-refractivity contribution in [1.29, 1.82) is 0 Å². The zero-order valence-corrected chi connectivity index (χ0v) is 14.7. The second-order valence-corrected chi connectivity index (χ2v) is 6.23. The molecule has 0 aliphatic heterocycles. The number of nitrogens with one attached hydrogen (secondary N) is 2. The van der Waals surface area contributed by atoms with Gasteiger partial charge in [0.15, 0.2) is 17.4 Å². The number of hydrogen-bond acceptors (Lipinski definition) is 3. The Hall–Kier alpha value is -3.19. The van der Waals surface area contributed by atoms with E-state index in [1.807, 2.05) is 6.07 Å². The summed E-state index contributed by atoms with van der Waals surface area (Å²) < 4.78 is 31.9. The summed E-state index contributed by atoms with van der Waals surface area (Å²) in [5, 5.41) is 4.61. The highest BCUT2D eigenvalue weighted by molar-refractivity contribution is 6.35. The number of hydrogen-bond donors (Lipinski definition) is 2. The number of carbonyl (C=O) groups excluding carboxylic acids is 1. The van der Waals surface area contributed by atoms with E-state index in [4.69, 9.17) is 16.3 Å². The molecule has 4 aromatic rings. The van der Waals surface area contributed by atoms with Gasteiger partial charge in [0.2, 0.25) is 0 Å².